The van der Waals surface area contributed by atoms with E-state index in [9.17, 15) is 0 Å². The fourth-order valence-corrected chi connectivity index (χ4v) is 0.625. The molecule has 0 aromatic rings. The SMILES string of the molecule is CCC(CO)NCCN.Cl.Cl. The highest BCUT2D eigenvalue weighted by Crippen LogP contribution is 1.85. The molecule has 0 radical (unpaired) electrons. The van der Waals surface area contributed by atoms with E-state index in [0.29, 0.717) is 6.54 Å². The molecule has 0 aliphatic heterocycles. The average molecular weight is 205 g/mol. The van der Waals surface area contributed by atoms with E-state index >= 15 is 0 Å². The number of hydrogen-bond acceptors (Lipinski definition) is 3. The summed E-state index contributed by atoms with van der Waals surface area (Å²) in [5.41, 5.74) is 5.24. The Morgan fingerprint density at radius 3 is 2.27 bits per heavy atom. The summed E-state index contributed by atoms with van der Waals surface area (Å²) in [4.78, 5) is 0. The molecule has 0 saturated carbocycles. The molecule has 4 N–H and O–H groups in total. The molecule has 0 amide bonds. The van der Waals surface area contributed by atoms with E-state index in [1.807, 2.05) is 6.92 Å². The Morgan fingerprint density at radius 1 is 1.45 bits per heavy atom. The lowest BCUT2D eigenvalue weighted by molar-refractivity contribution is 0.240. The van der Waals surface area contributed by atoms with E-state index in [1.54, 1.807) is 0 Å². The molecular formula is C6H18Cl2N2O. The molecule has 11 heavy (non-hydrogen) atoms. The molecule has 0 fully saturated rings. The number of nitrogens with one attached hydrogen (secondary N) is 1. The molecule has 1 unspecified atom stereocenters. The summed E-state index contributed by atoms with van der Waals surface area (Å²) < 4.78 is 0. The van der Waals surface area contributed by atoms with Crippen molar-refractivity contribution >= 4 is 24.8 Å². The van der Waals surface area contributed by atoms with Crippen LogP contribution in [0.2, 0.25) is 0 Å². The van der Waals surface area contributed by atoms with Crippen molar-refractivity contribution < 1.29 is 5.11 Å². The largest absolute Gasteiger partial charge is 0.395 e. The minimum atomic E-state index is 0. The van der Waals surface area contributed by atoms with Gasteiger partial charge >= 0.3 is 0 Å². The van der Waals surface area contributed by atoms with Crippen LogP contribution in [0, 0.1) is 0 Å². The number of hydrogen-bond donors (Lipinski definition) is 3. The lowest BCUT2D eigenvalue weighted by atomic mass is 10.2. The van der Waals surface area contributed by atoms with Crippen molar-refractivity contribution in [2.24, 2.45) is 5.73 Å². The van der Waals surface area contributed by atoms with Gasteiger partial charge in [-0.2, -0.15) is 0 Å². The van der Waals surface area contributed by atoms with Gasteiger partial charge in [-0.1, -0.05) is 6.92 Å². The Bertz CT molecular complexity index is 62.5. The molecule has 0 aliphatic carbocycles. The number of nitrogens with two attached hydrogens (primary N) is 1. The minimum Gasteiger partial charge on any atom is -0.395 e. The predicted octanol–water partition coefficient (Wildman–Crippen LogP) is 0.149. The fraction of sp³-hybridized carbons (Fsp3) is 1.00. The van der Waals surface area contributed by atoms with Crippen LogP contribution in [0.3, 0.4) is 0 Å². The van der Waals surface area contributed by atoms with E-state index < -0.39 is 0 Å². The highest BCUT2D eigenvalue weighted by Gasteiger charge is 1.99. The molecule has 0 aromatic carbocycles. The van der Waals surface area contributed by atoms with E-state index in [0.717, 1.165) is 13.0 Å². The zero-order chi connectivity index (χ0) is 7.11. The second kappa shape index (κ2) is 13.1. The van der Waals surface area contributed by atoms with Crippen molar-refractivity contribution in [3.63, 3.8) is 0 Å². The van der Waals surface area contributed by atoms with Gasteiger partial charge in [0.25, 0.3) is 0 Å². The average Bonchev–Trinajstić information content (AvgIpc) is 1.91. The van der Waals surface area contributed by atoms with Crippen molar-refractivity contribution in [1.82, 2.24) is 5.32 Å². The van der Waals surface area contributed by atoms with E-state index in [4.69, 9.17) is 10.8 Å². The third kappa shape index (κ3) is 10.5. The van der Waals surface area contributed by atoms with Crippen molar-refractivity contribution in [2.45, 2.75) is 19.4 Å². The highest BCUT2D eigenvalue weighted by atomic mass is 35.5. The standard InChI is InChI=1S/C6H16N2O.2ClH/c1-2-6(5-9)8-4-3-7;;/h6,8-9H,2-5,7H2,1H3;2*1H. The van der Waals surface area contributed by atoms with E-state index in [1.165, 1.54) is 0 Å². The molecule has 72 valence electrons. The maximum absolute atomic E-state index is 8.65. The molecule has 0 bridgehead atoms. The molecule has 0 heterocycles. The van der Waals surface area contributed by atoms with Crippen LogP contribution in [0.15, 0.2) is 0 Å². The molecule has 0 spiro atoms. The van der Waals surface area contributed by atoms with Crippen molar-refractivity contribution in [1.29, 1.82) is 0 Å². The van der Waals surface area contributed by atoms with Crippen molar-refractivity contribution in [3.8, 4) is 0 Å². The molecule has 0 rings (SSSR count). The van der Waals surface area contributed by atoms with Crippen LogP contribution in [0.1, 0.15) is 13.3 Å². The van der Waals surface area contributed by atoms with Crippen LogP contribution in [0.5, 0.6) is 0 Å². The van der Waals surface area contributed by atoms with E-state index in [-0.39, 0.29) is 37.5 Å². The summed E-state index contributed by atoms with van der Waals surface area (Å²) in [5.74, 6) is 0. The smallest absolute Gasteiger partial charge is 0.0584 e. The van der Waals surface area contributed by atoms with Gasteiger partial charge in [-0.05, 0) is 6.42 Å². The van der Waals surface area contributed by atoms with Gasteiger partial charge < -0.3 is 16.2 Å². The normalized spacial score (nSPS) is 11.2. The first-order valence-electron chi connectivity index (χ1n) is 3.39. The van der Waals surface area contributed by atoms with Gasteiger partial charge in [0.1, 0.15) is 0 Å². The van der Waals surface area contributed by atoms with E-state index in [2.05, 4.69) is 5.32 Å². The quantitative estimate of drug-likeness (QED) is 0.598. The summed E-state index contributed by atoms with van der Waals surface area (Å²) >= 11 is 0. The third-order valence-electron chi connectivity index (χ3n) is 1.29. The van der Waals surface area contributed by atoms with Crippen molar-refractivity contribution in [2.75, 3.05) is 19.7 Å². The zero-order valence-corrected chi connectivity index (χ0v) is 8.38. The molecule has 0 aliphatic rings. The Hall–Kier alpha value is 0.460. The van der Waals surface area contributed by atoms with Crippen LogP contribution < -0.4 is 11.1 Å². The monoisotopic (exact) mass is 204 g/mol. The summed E-state index contributed by atoms with van der Waals surface area (Å²) in [5, 5.41) is 11.7. The molecule has 1 atom stereocenters. The second-order valence-electron chi connectivity index (χ2n) is 2.03. The van der Waals surface area contributed by atoms with Gasteiger partial charge in [0.2, 0.25) is 0 Å². The molecule has 0 aromatic heterocycles. The Balaban J connectivity index is -0.000000320. The zero-order valence-electron chi connectivity index (χ0n) is 6.75. The van der Waals surface area contributed by atoms with Gasteiger partial charge in [-0.25, -0.2) is 0 Å². The maximum Gasteiger partial charge on any atom is 0.0584 e. The van der Waals surface area contributed by atoms with Crippen LogP contribution in [-0.4, -0.2) is 30.8 Å². The maximum atomic E-state index is 8.65. The predicted molar refractivity (Wildman–Crippen MR) is 52.7 cm³/mol. The van der Waals surface area contributed by atoms with Crippen LogP contribution >= 0.6 is 24.8 Å². The Kier molecular flexibility index (Phi) is 20.8. The first kappa shape index (κ1) is 17.5. The molecule has 0 saturated heterocycles. The Morgan fingerprint density at radius 2 is 2.00 bits per heavy atom. The number of aliphatic hydroxyl groups excluding tert-OH is 1. The topological polar surface area (TPSA) is 58.3 Å². The first-order valence-corrected chi connectivity index (χ1v) is 3.39. The van der Waals surface area contributed by atoms with Crippen LogP contribution in [-0.2, 0) is 0 Å². The molecular weight excluding hydrogens is 187 g/mol. The summed E-state index contributed by atoms with van der Waals surface area (Å²) in [6, 6.07) is 0.230. The van der Waals surface area contributed by atoms with Gasteiger partial charge in [0.05, 0.1) is 6.61 Å². The fourth-order valence-electron chi connectivity index (χ4n) is 0.625. The number of rotatable bonds is 5. The summed E-state index contributed by atoms with van der Waals surface area (Å²) in [6.07, 6.45) is 0.955. The van der Waals surface area contributed by atoms with Gasteiger partial charge in [0.15, 0.2) is 0 Å². The van der Waals surface area contributed by atoms with Crippen LogP contribution in [0.25, 0.3) is 0 Å². The Labute approximate surface area is 80.6 Å². The summed E-state index contributed by atoms with van der Waals surface area (Å²) in [7, 11) is 0. The van der Waals surface area contributed by atoms with Gasteiger partial charge in [-0.3, -0.25) is 0 Å². The van der Waals surface area contributed by atoms with Crippen molar-refractivity contribution in [3.05, 3.63) is 0 Å². The molecule has 3 nitrogen and oxygen atoms in total. The molecule has 5 heteroatoms. The third-order valence-corrected chi connectivity index (χ3v) is 1.29. The number of aliphatic hydroxyl groups is 1. The number of halogens is 2. The second-order valence-corrected chi connectivity index (χ2v) is 2.03. The lowest BCUT2D eigenvalue weighted by Gasteiger charge is -2.11. The summed E-state index contributed by atoms with van der Waals surface area (Å²) in [6.45, 7) is 3.66. The van der Waals surface area contributed by atoms with Gasteiger partial charge in [0, 0.05) is 19.1 Å². The van der Waals surface area contributed by atoms with Gasteiger partial charge in [-0.15, -0.1) is 24.8 Å². The van der Waals surface area contributed by atoms with Crippen LogP contribution in [0.4, 0.5) is 0 Å². The minimum absolute atomic E-state index is 0. The first-order chi connectivity index (χ1) is 4.35. The lowest BCUT2D eigenvalue weighted by Crippen LogP contribution is -2.35. The highest BCUT2D eigenvalue weighted by molar-refractivity contribution is 5.85.